The number of guanidine groups is 1. The van der Waals surface area contributed by atoms with Gasteiger partial charge in [0, 0.05) is 46.9 Å². The van der Waals surface area contributed by atoms with Crippen molar-refractivity contribution < 1.29 is 22.3 Å². The molecule has 0 spiro atoms. The topological polar surface area (TPSA) is 48.9 Å². The van der Waals surface area contributed by atoms with E-state index in [9.17, 15) is 17.6 Å². The van der Waals surface area contributed by atoms with Gasteiger partial charge in [-0.25, -0.2) is 4.39 Å². The molecule has 0 bridgehead atoms. The normalized spacial score (nSPS) is 12.5. The van der Waals surface area contributed by atoms with Crippen LogP contribution in [-0.4, -0.2) is 58.3 Å². The van der Waals surface area contributed by atoms with E-state index in [-0.39, 0.29) is 12.1 Å². The van der Waals surface area contributed by atoms with Crippen molar-refractivity contribution in [1.29, 1.82) is 0 Å². The van der Waals surface area contributed by atoms with E-state index in [1.165, 1.54) is 7.05 Å². The molecule has 0 radical (unpaired) electrons. The molecule has 26 heavy (non-hydrogen) atoms. The van der Waals surface area contributed by atoms with Gasteiger partial charge < -0.3 is 20.3 Å². The predicted octanol–water partition coefficient (Wildman–Crippen LogP) is 2.48. The van der Waals surface area contributed by atoms with E-state index >= 15 is 0 Å². The fourth-order valence-electron chi connectivity index (χ4n) is 2.32. The molecule has 0 atom stereocenters. The lowest BCUT2D eigenvalue weighted by Gasteiger charge is -2.19. The summed E-state index contributed by atoms with van der Waals surface area (Å²) in [4.78, 5) is 6.10. The summed E-state index contributed by atoms with van der Waals surface area (Å²) in [5, 5.41) is 5.86. The van der Waals surface area contributed by atoms with Crippen LogP contribution in [0, 0.1) is 5.82 Å². The Bertz CT molecular complexity index is 578. The molecule has 0 saturated carbocycles. The van der Waals surface area contributed by atoms with Crippen molar-refractivity contribution in [3.05, 3.63) is 35.1 Å². The highest BCUT2D eigenvalue weighted by Crippen LogP contribution is 2.32. The number of likely N-dealkylation sites (N-methyl/N-ethyl adjacent to an activating group) is 1. The molecule has 0 aliphatic heterocycles. The van der Waals surface area contributed by atoms with Gasteiger partial charge in [0.05, 0.1) is 5.56 Å². The summed E-state index contributed by atoms with van der Waals surface area (Å²) in [6, 6.07) is 2.64. The summed E-state index contributed by atoms with van der Waals surface area (Å²) in [5.74, 6) is -0.534. The number of hydrogen-bond acceptors (Lipinski definition) is 3. The van der Waals surface area contributed by atoms with Crippen LogP contribution in [0.4, 0.5) is 17.6 Å². The standard InChI is InChI=1S/C17H26F4N4O/c1-22-16(23-7-9-25(2)8-4-10-26-3)24-12-13-5-6-14(18)11-15(13)17(19,20)21/h5-6,11H,4,7-10,12H2,1-3H3,(H2,22,23,24). The molecule has 0 saturated heterocycles. The molecule has 0 fully saturated rings. The second-order valence-electron chi connectivity index (χ2n) is 5.80. The summed E-state index contributed by atoms with van der Waals surface area (Å²) in [6.07, 6.45) is -3.69. The Morgan fingerprint density at radius 2 is 1.96 bits per heavy atom. The molecule has 5 nitrogen and oxygen atoms in total. The number of methoxy groups -OCH3 is 1. The second-order valence-corrected chi connectivity index (χ2v) is 5.80. The molecule has 0 aliphatic rings. The number of ether oxygens (including phenoxy) is 1. The van der Waals surface area contributed by atoms with E-state index in [0.717, 1.165) is 31.6 Å². The summed E-state index contributed by atoms with van der Waals surface area (Å²) in [5.41, 5.74) is -1.03. The third kappa shape index (κ3) is 8.01. The van der Waals surface area contributed by atoms with E-state index in [1.807, 2.05) is 7.05 Å². The number of halogens is 4. The highest BCUT2D eigenvalue weighted by atomic mass is 19.4. The van der Waals surface area contributed by atoms with E-state index in [0.29, 0.717) is 25.2 Å². The van der Waals surface area contributed by atoms with Crippen LogP contribution in [0.25, 0.3) is 0 Å². The van der Waals surface area contributed by atoms with Crippen LogP contribution in [0.1, 0.15) is 17.5 Å². The average Bonchev–Trinajstić information content (AvgIpc) is 2.58. The molecule has 1 aromatic rings. The van der Waals surface area contributed by atoms with Gasteiger partial charge in [-0.3, -0.25) is 4.99 Å². The van der Waals surface area contributed by atoms with Gasteiger partial charge in [-0.2, -0.15) is 13.2 Å². The first-order chi connectivity index (χ1) is 12.3. The van der Waals surface area contributed by atoms with Gasteiger partial charge in [-0.1, -0.05) is 6.07 Å². The molecule has 1 aromatic carbocycles. The quantitative estimate of drug-likeness (QED) is 0.300. The molecule has 0 aliphatic carbocycles. The van der Waals surface area contributed by atoms with Gasteiger partial charge in [0.1, 0.15) is 5.82 Å². The summed E-state index contributed by atoms with van der Waals surface area (Å²) in [7, 11) is 5.16. The maximum absolute atomic E-state index is 13.1. The van der Waals surface area contributed by atoms with Gasteiger partial charge in [-0.05, 0) is 31.2 Å². The van der Waals surface area contributed by atoms with Crippen LogP contribution in [0.15, 0.2) is 23.2 Å². The first kappa shape index (κ1) is 22.2. The third-order valence-electron chi connectivity index (χ3n) is 3.72. The lowest BCUT2D eigenvalue weighted by Crippen LogP contribution is -2.41. The highest BCUT2D eigenvalue weighted by molar-refractivity contribution is 5.79. The number of aliphatic imine (C=N–C) groups is 1. The molecule has 0 amide bonds. The minimum atomic E-state index is -4.61. The van der Waals surface area contributed by atoms with Crippen LogP contribution in [0.5, 0.6) is 0 Å². The van der Waals surface area contributed by atoms with Crippen molar-refractivity contribution in [2.24, 2.45) is 4.99 Å². The fraction of sp³-hybridized carbons (Fsp3) is 0.588. The number of alkyl halides is 3. The van der Waals surface area contributed by atoms with E-state index in [4.69, 9.17) is 4.74 Å². The van der Waals surface area contributed by atoms with Crippen LogP contribution in [0.2, 0.25) is 0 Å². The van der Waals surface area contributed by atoms with Gasteiger partial charge in [0.25, 0.3) is 0 Å². The number of rotatable bonds is 9. The van der Waals surface area contributed by atoms with Crippen molar-refractivity contribution in [1.82, 2.24) is 15.5 Å². The molecule has 2 N–H and O–H groups in total. The van der Waals surface area contributed by atoms with Gasteiger partial charge in [-0.15, -0.1) is 0 Å². The zero-order valence-electron chi connectivity index (χ0n) is 15.3. The Hall–Kier alpha value is -1.87. The van der Waals surface area contributed by atoms with E-state index in [2.05, 4.69) is 20.5 Å². The number of hydrogen-bond donors (Lipinski definition) is 2. The maximum Gasteiger partial charge on any atom is 0.416 e. The summed E-state index contributed by atoms with van der Waals surface area (Å²) < 4.78 is 57.1. The van der Waals surface area contributed by atoms with Crippen molar-refractivity contribution in [2.45, 2.75) is 19.1 Å². The molecule has 0 heterocycles. The summed E-state index contributed by atoms with van der Waals surface area (Å²) >= 11 is 0. The Morgan fingerprint density at radius 3 is 2.58 bits per heavy atom. The number of nitrogens with zero attached hydrogens (tertiary/aromatic N) is 2. The molecule has 1 rings (SSSR count). The van der Waals surface area contributed by atoms with E-state index in [1.54, 1.807) is 7.11 Å². The van der Waals surface area contributed by atoms with Gasteiger partial charge in [0.2, 0.25) is 0 Å². The van der Waals surface area contributed by atoms with Crippen LogP contribution >= 0.6 is 0 Å². The van der Waals surface area contributed by atoms with Crippen molar-refractivity contribution >= 4 is 5.96 Å². The first-order valence-corrected chi connectivity index (χ1v) is 8.25. The zero-order chi connectivity index (χ0) is 19.6. The number of benzene rings is 1. The molecular weight excluding hydrogens is 352 g/mol. The Labute approximate surface area is 151 Å². The third-order valence-corrected chi connectivity index (χ3v) is 3.72. The molecule has 0 aromatic heterocycles. The zero-order valence-corrected chi connectivity index (χ0v) is 15.3. The SMILES string of the molecule is CN=C(NCCN(C)CCCOC)NCc1ccc(F)cc1C(F)(F)F. The predicted molar refractivity (Wildman–Crippen MR) is 93.6 cm³/mol. The Kier molecular flexibility index (Phi) is 9.36. The molecule has 0 unspecified atom stereocenters. The smallest absolute Gasteiger partial charge is 0.385 e. The first-order valence-electron chi connectivity index (χ1n) is 8.25. The van der Waals surface area contributed by atoms with Crippen molar-refractivity contribution in [2.75, 3.05) is 47.4 Å². The molecule has 148 valence electrons. The van der Waals surface area contributed by atoms with E-state index < -0.39 is 17.6 Å². The van der Waals surface area contributed by atoms with Crippen LogP contribution in [0.3, 0.4) is 0 Å². The maximum atomic E-state index is 13.1. The largest absolute Gasteiger partial charge is 0.416 e. The Balaban J connectivity index is 2.50. The van der Waals surface area contributed by atoms with Crippen LogP contribution in [-0.2, 0) is 17.5 Å². The second kappa shape index (κ2) is 11.0. The molecular formula is C17H26F4N4O. The van der Waals surface area contributed by atoms with Gasteiger partial charge >= 0.3 is 6.18 Å². The van der Waals surface area contributed by atoms with Crippen molar-refractivity contribution in [3.63, 3.8) is 0 Å². The average molecular weight is 378 g/mol. The highest BCUT2D eigenvalue weighted by Gasteiger charge is 2.33. The minimum Gasteiger partial charge on any atom is -0.385 e. The Morgan fingerprint density at radius 1 is 1.23 bits per heavy atom. The fourth-order valence-corrected chi connectivity index (χ4v) is 2.32. The van der Waals surface area contributed by atoms with Crippen LogP contribution < -0.4 is 10.6 Å². The monoisotopic (exact) mass is 378 g/mol. The molecule has 9 heteroatoms. The van der Waals surface area contributed by atoms with Crippen molar-refractivity contribution in [3.8, 4) is 0 Å². The van der Waals surface area contributed by atoms with Gasteiger partial charge in [0.15, 0.2) is 5.96 Å². The minimum absolute atomic E-state index is 0.0430. The lowest BCUT2D eigenvalue weighted by molar-refractivity contribution is -0.138. The lowest BCUT2D eigenvalue weighted by atomic mass is 10.1. The summed E-state index contributed by atoms with van der Waals surface area (Å²) in [6.45, 7) is 2.79. The number of nitrogens with one attached hydrogen (secondary N) is 2.